The fourth-order valence-corrected chi connectivity index (χ4v) is 4.29. The van der Waals surface area contributed by atoms with Crippen LogP contribution in [0.25, 0.3) is 27.9 Å². The SMILES string of the molecule is Cc1cc(OCC(=O)N/N=C/c2coc3cc(C)c(Cl)cc3c2=O)c(-c2ccnn2-c2ccccc2)cc1Cl. The number of carbonyl (C=O) groups excluding carboxylic acids is 1. The number of amides is 1. The number of carbonyl (C=O) groups is 1. The number of hydrogen-bond donors (Lipinski definition) is 1. The van der Waals surface area contributed by atoms with Crippen molar-refractivity contribution in [3.8, 4) is 22.7 Å². The van der Waals surface area contributed by atoms with E-state index in [1.165, 1.54) is 12.5 Å². The lowest BCUT2D eigenvalue weighted by Crippen LogP contribution is -2.25. The second-order valence-electron chi connectivity index (χ2n) is 8.76. The van der Waals surface area contributed by atoms with Gasteiger partial charge in [0, 0.05) is 15.6 Å². The van der Waals surface area contributed by atoms with Crippen LogP contribution in [0, 0.1) is 13.8 Å². The van der Waals surface area contributed by atoms with Crippen molar-refractivity contribution < 1.29 is 13.9 Å². The van der Waals surface area contributed by atoms with E-state index in [1.54, 1.807) is 35.1 Å². The molecule has 0 bridgehead atoms. The Morgan fingerprint density at radius 3 is 2.62 bits per heavy atom. The fourth-order valence-electron chi connectivity index (χ4n) is 3.96. The normalized spacial score (nSPS) is 11.3. The van der Waals surface area contributed by atoms with Gasteiger partial charge in [-0.25, -0.2) is 10.1 Å². The molecule has 1 N–H and O–H groups in total. The minimum Gasteiger partial charge on any atom is -0.483 e. The first kappa shape index (κ1) is 26.2. The average molecular weight is 561 g/mol. The lowest BCUT2D eigenvalue weighted by atomic mass is 10.1. The van der Waals surface area contributed by atoms with E-state index in [2.05, 4.69) is 15.6 Å². The molecule has 0 atom stereocenters. The maximum Gasteiger partial charge on any atom is 0.277 e. The van der Waals surface area contributed by atoms with Crippen LogP contribution in [0.15, 0.2) is 87.4 Å². The molecule has 0 unspecified atom stereocenters. The summed E-state index contributed by atoms with van der Waals surface area (Å²) in [4.78, 5) is 25.3. The number of fused-ring (bicyclic) bond motifs is 1. The molecule has 0 saturated carbocycles. The highest BCUT2D eigenvalue weighted by Gasteiger charge is 2.16. The Kier molecular flexibility index (Phi) is 7.49. The molecule has 0 aliphatic carbocycles. The summed E-state index contributed by atoms with van der Waals surface area (Å²) in [5.74, 6) is -0.0683. The van der Waals surface area contributed by atoms with E-state index in [9.17, 15) is 9.59 Å². The van der Waals surface area contributed by atoms with Crippen molar-refractivity contribution in [1.82, 2.24) is 15.2 Å². The van der Waals surface area contributed by atoms with E-state index in [-0.39, 0.29) is 17.6 Å². The third-order valence-electron chi connectivity index (χ3n) is 6.01. The average Bonchev–Trinajstić information content (AvgIpc) is 3.42. The number of halogens is 2. The molecule has 0 fully saturated rings. The highest BCUT2D eigenvalue weighted by Crippen LogP contribution is 2.35. The van der Waals surface area contributed by atoms with Gasteiger partial charge in [0.1, 0.15) is 17.6 Å². The number of nitrogens with zero attached hydrogens (tertiary/aromatic N) is 3. The molecule has 5 aromatic rings. The molecule has 2 aromatic heterocycles. The highest BCUT2D eigenvalue weighted by molar-refractivity contribution is 6.32. The minimum atomic E-state index is -0.523. The van der Waals surface area contributed by atoms with Crippen LogP contribution in [0.1, 0.15) is 16.7 Å². The monoisotopic (exact) mass is 560 g/mol. The van der Waals surface area contributed by atoms with Crippen molar-refractivity contribution in [2.24, 2.45) is 5.10 Å². The van der Waals surface area contributed by atoms with Crippen LogP contribution < -0.4 is 15.6 Å². The molecule has 0 aliphatic rings. The smallest absolute Gasteiger partial charge is 0.277 e. The first-order valence-corrected chi connectivity index (χ1v) is 12.6. The van der Waals surface area contributed by atoms with Crippen molar-refractivity contribution >= 4 is 46.3 Å². The van der Waals surface area contributed by atoms with Crippen LogP contribution >= 0.6 is 23.2 Å². The van der Waals surface area contributed by atoms with Crippen LogP contribution in [-0.4, -0.2) is 28.5 Å². The molecule has 1 amide bonds. The summed E-state index contributed by atoms with van der Waals surface area (Å²) < 4.78 is 13.2. The third kappa shape index (κ3) is 5.57. The van der Waals surface area contributed by atoms with Gasteiger partial charge in [0.25, 0.3) is 5.91 Å². The molecular weight excluding hydrogens is 539 g/mol. The lowest BCUT2D eigenvalue weighted by Gasteiger charge is -2.15. The molecule has 0 spiro atoms. The second-order valence-corrected chi connectivity index (χ2v) is 9.58. The molecule has 0 saturated heterocycles. The lowest BCUT2D eigenvalue weighted by molar-refractivity contribution is -0.123. The van der Waals surface area contributed by atoms with Crippen molar-refractivity contribution in [3.63, 3.8) is 0 Å². The van der Waals surface area contributed by atoms with Gasteiger partial charge in [-0.1, -0.05) is 41.4 Å². The van der Waals surface area contributed by atoms with Crippen LogP contribution in [0.3, 0.4) is 0 Å². The van der Waals surface area contributed by atoms with E-state index in [1.807, 2.05) is 50.2 Å². The molecule has 3 aromatic carbocycles. The molecule has 0 radical (unpaired) electrons. The van der Waals surface area contributed by atoms with Gasteiger partial charge in [-0.05, 0) is 67.4 Å². The van der Waals surface area contributed by atoms with E-state index in [0.717, 1.165) is 22.5 Å². The van der Waals surface area contributed by atoms with Gasteiger partial charge in [0.2, 0.25) is 5.43 Å². The summed E-state index contributed by atoms with van der Waals surface area (Å²) in [7, 11) is 0. The zero-order valence-electron chi connectivity index (χ0n) is 20.9. The predicted molar refractivity (Wildman–Crippen MR) is 152 cm³/mol. The molecular formula is C29H22Cl2N4O4. The molecule has 8 nitrogen and oxygen atoms in total. The molecule has 196 valence electrons. The van der Waals surface area contributed by atoms with Gasteiger partial charge in [-0.2, -0.15) is 10.2 Å². The Hall–Kier alpha value is -4.40. The number of hydrazone groups is 1. The summed E-state index contributed by atoms with van der Waals surface area (Å²) in [6.45, 7) is 3.34. The zero-order chi connectivity index (χ0) is 27.5. The van der Waals surface area contributed by atoms with Gasteiger partial charge in [-0.15, -0.1) is 0 Å². The number of hydrogen-bond acceptors (Lipinski definition) is 6. The van der Waals surface area contributed by atoms with Crippen LogP contribution in [0.2, 0.25) is 10.0 Å². The third-order valence-corrected chi connectivity index (χ3v) is 6.83. The predicted octanol–water partition coefficient (Wildman–Crippen LogP) is 6.10. The van der Waals surface area contributed by atoms with Crippen LogP contribution in [-0.2, 0) is 4.79 Å². The first-order chi connectivity index (χ1) is 18.8. The van der Waals surface area contributed by atoms with Crippen molar-refractivity contribution in [2.75, 3.05) is 6.61 Å². The summed E-state index contributed by atoms with van der Waals surface area (Å²) in [5.41, 5.74) is 6.50. The number of benzene rings is 3. The summed E-state index contributed by atoms with van der Waals surface area (Å²) in [5, 5.41) is 9.65. The van der Waals surface area contributed by atoms with Crippen LogP contribution in [0.4, 0.5) is 0 Å². The fraction of sp³-hybridized carbons (Fsp3) is 0.103. The summed E-state index contributed by atoms with van der Waals surface area (Å²) in [6.07, 6.45) is 4.18. The van der Waals surface area contributed by atoms with Crippen molar-refractivity contribution in [1.29, 1.82) is 0 Å². The maximum absolute atomic E-state index is 12.8. The van der Waals surface area contributed by atoms with E-state index in [0.29, 0.717) is 32.3 Å². The van der Waals surface area contributed by atoms with Gasteiger partial charge < -0.3 is 9.15 Å². The first-order valence-electron chi connectivity index (χ1n) is 11.9. The van der Waals surface area contributed by atoms with Crippen molar-refractivity contribution in [3.05, 3.63) is 110 Å². The second kappa shape index (κ2) is 11.1. The number of para-hydroxylation sites is 1. The number of aromatic nitrogens is 2. The molecule has 10 heteroatoms. The van der Waals surface area contributed by atoms with Gasteiger partial charge in [0.15, 0.2) is 6.61 Å². The van der Waals surface area contributed by atoms with E-state index >= 15 is 0 Å². The number of rotatable bonds is 7. The quantitative estimate of drug-likeness (QED) is 0.191. The van der Waals surface area contributed by atoms with E-state index in [4.69, 9.17) is 32.4 Å². The number of aryl methyl sites for hydroxylation is 2. The Bertz CT molecular complexity index is 1780. The van der Waals surface area contributed by atoms with Gasteiger partial charge in [-0.3, -0.25) is 9.59 Å². The summed E-state index contributed by atoms with van der Waals surface area (Å²) >= 11 is 12.6. The molecule has 5 rings (SSSR count). The molecule has 39 heavy (non-hydrogen) atoms. The Morgan fingerprint density at radius 2 is 1.82 bits per heavy atom. The largest absolute Gasteiger partial charge is 0.483 e. The van der Waals surface area contributed by atoms with Crippen molar-refractivity contribution in [2.45, 2.75) is 13.8 Å². The number of ether oxygens (including phenoxy) is 1. The van der Waals surface area contributed by atoms with Crippen LogP contribution in [0.5, 0.6) is 5.75 Å². The summed E-state index contributed by atoms with van der Waals surface area (Å²) in [6, 6.07) is 18.3. The maximum atomic E-state index is 12.8. The standard InChI is InChI=1S/C29H22Cl2N4O4/c1-17-10-26(21(12-23(17)30)25-8-9-33-35(25)20-6-4-3-5-7-20)39-16-28(36)34-32-14-19-15-38-27-11-18(2)24(31)13-22(27)29(19)37/h3-15H,16H2,1-2H3,(H,34,36)/b32-14+. The highest BCUT2D eigenvalue weighted by atomic mass is 35.5. The molecule has 0 aliphatic heterocycles. The van der Waals surface area contributed by atoms with E-state index < -0.39 is 5.91 Å². The Morgan fingerprint density at radius 1 is 1.08 bits per heavy atom. The Balaban J connectivity index is 1.32. The minimum absolute atomic E-state index is 0.161. The number of nitrogens with one attached hydrogen (secondary N) is 1. The Labute approximate surface area is 233 Å². The van der Waals surface area contributed by atoms with Gasteiger partial charge >= 0.3 is 0 Å². The zero-order valence-corrected chi connectivity index (χ0v) is 22.5. The van der Waals surface area contributed by atoms with Gasteiger partial charge in [0.05, 0.1) is 34.7 Å². The molecule has 2 heterocycles. The topological polar surface area (TPSA) is 98.7 Å².